The zero-order valence-electron chi connectivity index (χ0n) is 77.9. The van der Waals surface area contributed by atoms with Crippen LogP contribution in [0.25, 0.3) is 126 Å². The first-order valence-corrected chi connectivity index (χ1v) is 50.6. The highest BCUT2D eigenvalue weighted by atomic mass is 32.1. The first-order valence-electron chi connectivity index (χ1n) is 48.2. The summed E-state index contributed by atoms with van der Waals surface area (Å²) in [5.74, 6) is -1.28. The van der Waals surface area contributed by atoms with E-state index in [2.05, 4.69) is 481 Å². The summed E-state index contributed by atoms with van der Waals surface area (Å²) in [4.78, 5) is 13.7. The van der Waals surface area contributed by atoms with E-state index in [-0.39, 0.29) is 5.41 Å². The molecule has 0 saturated carbocycles. The maximum Gasteiger partial charge on any atom is 0.159 e. The molecule has 0 amide bonds. The van der Waals surface area contributed by atoms with Gasteiger partial charge in [-0.1, -0.05) is 263 Å². The number of thiophene rings is 3. The predicted molar refractivity (Wildman–Crippen MR) is 605 cm³/mol. The number of benzene rings is 22. The maximum absolute atomic E-state index is 15.1. The molecule has 27 rings (SSSR count). The fraction of sp³-hybridized carbons (Fsp3) is 0.0229. The maximum atomic E-state index is 15.1. The largest absolute Gasteiger partial charge is 0.454 e. The fourth-order valence-corrected chi connectivity index (χ4v) is 24.6. The summed E-state index contributed by atoms with van der Waals surface area (Å²) in [6, 6.07) is 175. The summed E-state index contributed by atoms with van der Waals surface area (Å²) in [6.07, 6.45) is 0. The van der Waals surface area contributed by atoms with E-state index in [0.717, 1.165) is 151 Å². The molecule has 7 nitrogen and oxygen atoms in total. The van der Waals surface area contributed by atoms with Gasteiger partial charge in [-0.3, -0.25) is 0 Å². The molecule has 0 aliphatic heterocycles. The number of furan rings is 1. The second kappa shape index (κ2) is 35.7. The number of nitrogens with zero attached hydrogens (tertiary/aromatic N) is 6. The second-order valence-electron chi connectivity index (χ2n) is 37.0. The summed E-state index contributed by atoms with van der Waals surface area (Å²) in [5, 5.41) is 14.4. The first-order chi connectivity index (χ1) is 70.4. The van der Waals surface area contributed by atoms with Crippen LogP contribution in [0.4, 0.5) is 111 Å². The van der Waals surface area contributed by atoms with Crippen molar-refractivity contribution in [1.29, 1.82) is 0 Å². The molecule has 12 heteroatoms. The van der Waals surface area contributed by atoms with Crippen molar-refractivity contribution >= 4 is 240 Å². The summed E-state index contributed by atoms with van der Waals surface area (Å²) < 4.78 is 44.4. The van der Waals surface area contributed by atoms with E-state index in [9.17, 15) is 0 Å². The summed E-state index contributed by atoms with van der Waals surface area (Å²) in [6.45, 7) is 4.49. The number of halogens is 2. The van der Waals surface area contributed by atoms with E-state index in [0.29, 0.717) is 5.69 Å². The third-order valence-corrected chi connectivity index (χ3v) is 31.5. The van der Waals surface area contributed by atoms with E-state index in [1.165, 1.54) is 101 Å². The van der Waals surface area contributed by atoms with Gasteiger partial charge >= 0.3 is 0 Å². The summed E-state index contributed by atoms with van der Waals surface area (Å²) in [7, 11) is 0. The highest BCUT2D eigenvalue weighted by molar-refractivity contribution is 7.26. The Morgan fingerprint density at radius 1 is 0.196 bits per heavy atom. The number of hydrogen-bond donors (Lipinski definition) is 0. The Morgan fingerprint density at radius 2 is 0.531 bits per heavy atom. The molecule has 26 aromatic rings. The van der Waals surface area contributed by atoms with Gasteiger partial charge < -0.3 is 33.8 Å². The molecule has 4 aromatic heterocycles. The average Bonchev–Trinajstić information content (AvgIpc) is 1.58. The van der Waals surface area contributed by atoms with Gasteiger partial charge in [-0.15, -0.1) is 34.0 Å². The van der Waals surface area contributed by atoms with Crippen molar-refractivity contribution in [2.75, 3.05) is 29.4 Å². The summed E-state index contributed by atoms with van der Waals surface area (Å²) >= 11 is 5.49. The number of para-hydroxylation sites is 5. The Hall–Kier alpha value is -17.5. The van der Waals surface area contributed by atoms with Crippen molar-refractivity contribution in [3.63, 3.8) is 0 Å². The lowest BCUT2D eigenvalue weighted by Crippen LogP contribution is -2.15. The molecule has 143 heavy (non-hydrogen) atoms. The SMILES string of the molecule is CC1(C)c2ccccc2-c2cc(N(c3ccc(N(c4ccccc4)c4ccc5sc6cc(N(c7ccc(-c8ccccc8)cc7)c7cccc8c7oc7ccccc78)ccc6c5c4)cc3)c3cc(F)cc(F)c3)ccc21.c1ccc(N(c2ccc(N(c3ccc4sc5ccccc5c4c3)c3ccc4sc5cc(N(c6ccccc6)c6ccc7ccccc7c6)ccc5c4c3)cc2)c2ccc3ccccc3c2)cc1. The van der Waals surface area contributed by atoms with Crippen molar-refractivity contribution in [1.82, 2.24) is 0 Å². The van der Waals surface area contributed by atoms with Gasteiger partial charge in [0, 0.05) is 174 Å². The van der Waals surface area contributed by atoms with Crippen LogP contribution < -0.4 is 29.4 Å². The number of rotatable bonds is 19. The summed E-state index contributed by atoms with van der Waals surface area (Å²) in [5.41, 5.74) is 26.5. The zero-order valence-corrected chi connectivity index (χ0v) is 80.4. The highest BCUT2D eigenvalue weighted by Crippen LogP contribution is 2.55. The standard InChI is InChI=1S/C69H47F2N3OS.C62H41N3S2/c1-69(2)62-21-11-9-18-56(62)60-41-52(33-36-63(60)69)73(55-39-46(70)38-47(71)40-55)50-30-28-49(29-31-50)72(48-16-7-4-8-17-48)53-34-37-66-61(42-53)58-35-32-54(43-67(58)76-66)74(51-26-24-45(25-27-51)44-14-5-3-6-15-44)64-22-13-20-59-57-19-10-12-23-65(57)75-68(59)64;1-3-17-46(18-4-1)63(50-25-23-42-13-7-9-15-44(42)37-50)48-27-29-49(30-28-48)65(52-32-35-60-57(39-52)55-21-11-12-22-59(55)66-60)53-33-36-61-58(40-53)56-34-31-54(41-62(56)67-61)64(47-19-5-2-6-20-47)51-26-24-43-14-8-10-16-45(43)38-51/h3-43H,1-2H3;1-41H. The predicted octanol–water partition coefficient (Wildman–Crippen LogP) is 39.8. The van der Waals surface area contributed by atoms with Crippen molar-refractivity contribution in [3.8, 4) is 22.3 Å². The molecular formula is C131H88F2N6OS3. The molecule has 0 radical (unpaired) electrons. The Bertz CT molecular complexity index is 9370. The van der Waals surface area contributed by atoms with Crippen LogP contribution >= 0.6 is 34.0 Å². The third kappa shape index (κ3) is 15.6. The van der Waals surface area contributed by atoms with Crippen LogP contribution in [-0.2, 0) is 5.41 Å². The molecule has 0 unspecified atom stereocenters. The quantitative estimate of drug-likeness (QED) is 0.0798. The van der Waals surface area contributed by atoms with Gasteiger partial charge in [0.15, 0.2) is 5.58 Å². The van der Waals surface area contributed by atoms with Crippen molar-refractivity contribution < 1.29 is 13.2 Å². The van der Waals surface area contributed by atoms with Crippen LogP contribution in [0.2, 0.25) is 0 Å². The van der Waals surface area contributed by atoms with Gasteiger partial charge in [0.1, 0.15) is 17.2 Å². The lowest BCUT2D eigenvalue weighted by Gasteiger charge is -2.29. The van der Waals surface area contributed by atoms with Crippen LogP contribution in [0, 0.1) is 11.6 Å². The average molecular weight is 1900 g/mol. The van der Waals surface area contributed by atoms with Crippen LogP contribution in [-0.4, -0.2) is 0 Å². The number of anilines is 18. The lowest BCUT2D eigenvalue weighted by molar-refractivity contribution is 0.584. The van der Waals surface area contributed by atoms with Gasteiger partial charge in [0.05, 0.1) is 11.4 Å². The molecule has 680 valence electrons. The smallest absolute Gasteiger partial charge is 0.159 e. The molecule has 0 spiro atoms. The van der Waals surface area contributed by atoms with Crippen molar-refractivity contribution in [2.24, 2.45) is 0 Å². The highest BCUT2D eigenvalue weighted by Gasteiger charge is 2.36. The minimum absolute atomic E-state index is 0.186. The van der Waals surface area contributed by atoms with Gasteiger partial charge in [-0.25, -0.2) is 8.78 Å². The molecular weight excluding hydrogens is 1810 g/mol. The van der Waals surface area contributed by atoms with Crippen LogP contribution in [0.1, 0.15) is 25.0 Å². The molecule has 1 aliphatic rings. The Morgan fingerprint density at radius 3 is 1.06 bits per heavy atom. The van der Waals surface area contributed by atoms with E-state index in [1.54, 1.807) is 11.3 Å². The Kier molecular flexibility index (Phi) is 21.5. The van der Waals surface area contributed by atoms with E-state index in [1.807, 2.05) is 64.0 Å². The van der Waals surface area contributed by atoms with Gasteiger partial charge in [0.25, 0.3) is 0 Å². The molecule has 4 heterocycles. The molecule has 0 saturated heterocycles. The van der Waals surface area contributed by atoms with Gasteiger partial charge in [-0.05, 0) is 298 Å². The van der Waals surface area contributed by atoms with Crippen LogP contribution in [0.3, 0.4) is 0 Å². The number of hydrogen-bond acceptors (Lipinski definition) is 10. The Labute approximate surface area is 838 Å². The number of fused-ring (bicyclic) bond motifs is 17. The normalized spacial score (nSPS) is 12.1. The molecule has 0 N–H and O–H groups in total. The second-order valence-corrected chi connectivity index (χ2v) is 40.3. The van der Waals surface area contributed by atoms with Crippen molar-refractivity contribution in [2.45, 2.75) is 19.3 Å². The molecule has 0 bridgehead atoms. The van der Waals surface area contributed by atoms with Crippen LogP contribution in [0.15, 0.2) is 502 Å². The Balaban J connectivity index is 0.000000147. The minimum Gasteiger partial charge on any atom is -0.454 e. The molecule has 22 aromatic carbocycles. The van der Waals surface area contributed by atoms with Gasteiger partial charge in [0.2, 0.25) is 0 Å². The lowest BCUT2D eigenvalue weighted by atomic mass is 9.82. The van der Waals surface area contributed by atoms with E-state index >= 15 is 8.78 Å². The third-order valence-electron chi connectivity index (χ3n) is 28.1. The molecule has 0 fully saturated rings. The topological polar surface area (TPSA) is 32.6 Å². The minimum atomic E-state index is -0.640. The first kappa shape index (κ1) is 85.9. The van der Waals surface area contributed by atoms with E-state index < -0.39 is 11.6 Å². The van der Waals surface area contributed by atoms with Crippen LogP contribution in [0.5, 0.6) is 0 Å². The zero-order chi connectivity index (χ0) is 95.3. The van der Waals surface area contributed by atoms with Crippen molar-refractivity contribution in [3.05, 3.63) is 520 Å². The monoisotopic (exact) mass is 1890 g/mol. The fourth-order valence-electron chi connectivity index (χ4n) is 21.3. The molecule has 1 aliphatic carbocycles. The van der Waals surface area contributed by atoms with E-state index in [4.69, 9.17) is 4.42 Å². The molecule has 0 atom stereocenters. The van der Waals surface area contributed by atoms with Gasteiger partial charge in [-0.2, -0.15) is 0 Å².